The van der Waals surface area contributed by atoms with E-state index in [9.17, 15) is 18.0 Å². The number of benzene rings is 2. The molecule has 2 rings (SSSR count). The summed E-state index contributed by atoms with van der Waals surface area (Å²) in [5.41, 5.74) is 4.84. The van der Waals surface area contributed by atoms with E-state index in [0.717, 1.165) is 12.1 Å². The zero-order valence-electron chi connectivity index (χ0n) is 10.9. The first-order valence-electron chi connectivity index (χ1n) is 5.97. The van der Waals surface area contributed by atoms with Crippen molar-refractivity contribution in [1.82, 2.24) is 0 Å². The molecular formula is C14H10ClF3N2O2. The van der Waals surface area contributed by atoms with Crippen LogP contribution < -0.4 is 15.8 Å². The number of carbonyl (C=O) groups is 1. The second-order valence-corrected chi connectivity index (χ2v) is 4.68. The lowest BCUT2D eigenvalue weighted by molar-refractivity contribution is -0.137. The molecule has 4 nitrogen and oxygen atoms in total. The van der Waals surface area contributed by atoms with Crippen molar-refractivity contribution in [3.63, 3.8) is 0 Å². The van der Waals surface area contributed by atoms with Gasteiger partial charge >= 0.3 is 12.3 Å². The van der Waals surface area contributed by atoms with Gasteiger partial charge in [-0.05, 0) is 42.5 Å². The Morgan fingerprint density at radius 1 is 1.14 bits per heavy atom. The number of alkyl halides is 3. The van der Waals surface area contributed by atoms with E-state index in [-0.39, 0.29) is 11.4 Å². The van der Waals surface area contributed by atoms with E-state index in [0.29, 0.717) is 5.69 Å². The second-order valence-electron chi connectivity index (χ2n) is 4.28. The van der Waals surface area contributed by atoms with E-state index in [1.54, 1.807) is 0 Å². The third-order valence-electron chi connectivity index (χ3n) is 2.61. The van der Waals surface area contributed by atoms with Crippen LogP contribution in [0, 0.1) is 0 Å². The number of nitrogens with one attached hydrogen (secondary N) is 1. The summed E-state index contributed by atoms with van der Waals surface area (Å²) < 4.78 is 43.0. The molecule has 0 aromatic heterocycles. The summed E-state index contributed by atoms with van der Waals surface area (Å²) in [5.74, 6) is 0.205. The van der Waals surface area contributed by atoms with E-state index in [1.807, 2.05) is 0 Å². The van der Waals surface area contributed by atoms with Gasteiger partial charge in [0.25, 0.3) is 0 Å². The summed E-state index contributed by atoms with van der Waals surface area (Å²) in [6.07, 6.45) is -5.55. The molecule has 116 valence electrons. The summed E-state index contributed by atoms with van der Waals surface area (Å²) in [5, 5.41) is 1.74. The number of carbonyl (C=O) groups excluding carboxylic acids is 1. The maximum Gasteiger partial charge on any atom is 0.417 e. The number of hydrogen-bond acceptors (Lipinski definition) is 3. The highest BCUT2D eigenvalue weighted by Gasteiger charge is 2.33. The van der Waals surface area contributed by atoms with E-state index in [4.69, 9.17) is 22.1 Å². The van der Waals surface area contributed by atoms with E-state index in [2.05, 4.69) is 5.32 Å². The Morgan fingerprint density at radius 3 is 2.36 bits per heavy atom. The summed E-state index contributed by atoms with van der Waals surface area (Å²) in [4.78, 5) is 11.6. The zero-order chi connectivity index (χ0) is 16.3. The van der Waals surface area contributed by atoms with Crippen LogP contribution in [0.15, 0.2) is 42.5 Å². The number of halogens is 4. The Balaban J connectivity index is 2.10. The lowest BCUT2D eigenvalue weighted by Gasteiger charge is -2.12. The molecule has 0 radical (unpaired) electrons. The number of nitrogen functional groups attached to an aromatic ring is 1. The quantitative estimate of drug-likeness (QED) is 0.794. The van der Waals surface area contributed by atoms with Crippen LogP contribution in [0.5, 0.6) is 5.75 Å². The molecule has 0 spiro atoms. The summed E-state index contributed by atoms with van der Waals surface area (Å²) in [7, 11) is 0. The Morgan fingerprint density at radius 2 is 1.77 bits per heavy atom. The third kappa shape index (κ3) is 4.05. The van der Waals surface area contributed by atoms with Gasteiger partial charge in [0.05, 0.1) is 10.6 Å². The number of amides is 1. The molecule has 8 heteroatoms. The van der Waals surface area contributed by atoms with Crippen molar-refractivity contribution >= 4 is 29.1 Å². The van der Waals surface area contributed by atoms with Gasteiger partial charge in [-0.1, -0.05) is 11.6 Å². The molecule has 0 fully saturated rings. The smallest absolute Gasteiger partial charge is 0.410 e. The fraction of sp³-hybridized carbons (Fsp3) is 0.0714. The van der Waals surface area contributed by atoms with Crippen molar-refractivity contribution in [1.29, 1.82) is 0 Å². The molecular weight excluding hydrogens is 321 g/mol. The molecule has 0 aliphatic carbocycles. The number of hydrogen-bond donors (Lipinski definition) is 2. The molecule has 0 atom stereocenters. The Labute approximate surface area is 128 Å². The van der Waals surface area contributed by atoms with Crippen molar-refractivity contribution in [2.75, 3.05) is 11.1 Å². The molecule has 0 saturated carbocycles. The van der Waals surface area contributed by atoms with Crippen molar-refractivity contribution < 1.29 is 22.7 Å². The lowest BCUT2D eigenvalue weighted by Crippen LogP contribution is -2.17. The van der Waals surface area contributed by atoms with Crippen LogP contribution in [-0.2, 0) is 6.18 Å². The highest BCUT2D eigenvalue weighted by molar-refractivity contribution is 6.31. The Kier molecular flexibility index (Phi) is 4.46. The minimum Gasteiger partial charge on any atom is -0.410 e. The molecule has 2 aromatic carbocycles. The second kappa shape index (κ2) is 6.15. The Bertz CT molecular complexity index is 687. The summed E-state index contributed by atoms with van der Waals surface area (Å²) in [6.45, 7) is 0. The van der Waals surface area contributed by atoms with Gasteiger partial charge in [-0.3, -0.25) is 5.32 Å². The minimum absolute atomic E-state index is 0.0860. The molecule has 0 bridgehead atoms. The highest BCUT2D eigenvalue weighted by Crippen LogP contribution is 2.36. The van der Waals surface area contributed by atoms with E-state index < -0.39 is 22.9 Å². The fourth-order valence-electron chi connectivity index (χ4n) is 1.61. The van der Waals surface area contributed by atoms with Gasteiger partial charge in [0.2, 0.25) is 0 Å². The van der Waals surface area contributed by atoms with Crippen molar-refractivity contribution in [2.45, 2.75) is 6.18 Å². The highest BCUT2D eigenvalue weighted by atomic mass is 35.5. The molecule has 2 aromatic rings. The first-order chi connectivity index (χ1) is 10.3. The summed E-state index contributed by atoms with van der Waals surface area (Å²) >= 11 is 5.49. The van der Waals surface area contributed by atoms with Gasteiger partial charge in [0, 0.05) is 11.4 Å². The largest absolute Gasteiger partial charge is 0.417 e. The van der Waals surface area contributed by atoms with Crippen molar-refractivity contribution in [3.8, 4) is 5.75 Å². The maximum absolute atomic E-state index is 12.7. The van der Waals surface area contributed by atoms with Crippen LogP contribution in [0.25, 0.3) is 0 Å². The zero-order valence-corrected chi connectivity index (χ0v) is 11.7. The molecule has 0 unspecified atom stereocenters. The SMILES string of the molecule is Nc1ccc(OC(=O)Nc2ccc(Cl)c(C(F)(F)F)c2)cc1. The maximum atomic E-state index is 12.7. The normalized spacial score (nSPS) is 11.1. The number of ether oxygens (including phenoxy) is 1. The van der Waals surface area contributed by atoms with Crippen LogP contribution >= 0.6 is 11.6 Å². The fourth-order valence-corrected chi connectivity index (χ4v) is 1.83. The van der Waals surface area contributed by atoms with Crippen LogP contribution in [0.1, 0.15) is 5.56 Å². The molecule has 0 aliphatic rings. The van der Waals surface area contributed by atoms with Gasteiger partial charge in [0.15, 0.2) is 0 Å². The molecule has 0 aliphatic heterocycles. The Hall–Kier alpha value is -2.41. The minimum atomic E-state index is -4.62. The van der Waals surface area contributed by atoms with Gasteiger partial charge in [-0.15, -0.1) is 0 Å². The average Bonchev–Trinajstić information content (AvgIpc) is 2.42. The van der Waals surface area contributed by atoms with Crippen LogP contribution in [0.2, 0.25) is 5.02 Å². The van der Waals surface area contributed by atoms with E-state index >= 15 is 0 Å². The summed E-state index contributed by atoms with van der Waals surface area (Å²) in [6, 6.07) is 8.97. The van der Waals surface area contributed by atoms with E-state index in [1.165, 1.54) is 30.3 Å². The van der Waals surface area contributed by atoms with Gasteiger partial charge in [0.1, 0.15) is 5.75 Å². The van der Waals surface area contributed by atoms with Crippen LogP contribution in [0.4, 0.5) is 29.3 Å². The monoisotopic (exact) mass is 330 g/mol. The number of anilines is 2. The topological polar surface area (TPSA) is 64.3 Å². The lowest BCUT2D eigenvalue weighted by atomic mass is 10.2. The molecule has 0 saturated heterocycles. The number of rotatable bonds is 2. The van der Waals surface area contributed by atoms with Crippen LogP contribution in [0.3, 0.4) is 0 Å². The first-order valence-corrected chi connectivity index (χ1v) is 6.34. The third-order valence-corrected chi connectivity index (χ3v) is 2.94. The van der Waals surface area contributed by atoms with Gasteiger partial charge in [-0.25, -0.2) is 4.79 Å². The van der Waals surface area contributed by atoms with Gasteiger partial charge in [-0.2, -0.15) is 13.2 Å². The van der Waals surface area contributed by atoms with Crippen LogP contribution in [-0.4, -0.2) is 6.09 Å². The molecule has 0 heterocycles. The van der Waals surface area contributed by atoms with Crippen molar-refractivity contribution in [2.24, 2.45) is 0 Å². The predicted octanol–water partition coefficient (Wildman–Crippen LogP) is 4.55. The van der Waals surface area contributed by atoms with Gasteiger partial charge < -0.3 is 10.5 Å². The molecule has 22 heavy (non-hydrogen) atoms. The molecule has 1 amide bonds. The number of nitrogens with two attached hydrogens (primary N) is 1. The standard InChI is InChI=1S/C14H10ClF3N2O2/c15-12-6-3-9(7-11(12)14(16,17)18)20-13(21)22-10-4-1-8(19)2-5-10/h1-7H,19H2,(H,20,21). The molecule has 3 N–H and O–H groups in total. The first kappa shape index (κ1) is 16.0. The average molecular weight is 331 g/mol. The predicted molar refractivity (Wildman–Crippen MR) is 77.0 cm³/mol. The van der Waals surface area contributed by atoms with Crippen molar-refractivity contribution in [3.05, 3.63) is 53.1 Å².